The Hall–Kier alpha value is -3.15. The average Bonchev–Trinajstić information content (AvgIpc) is 2.65. The second-order valence-electron chi connectivity index (χ2n) is 5.69. The predicted octanol–water partition coefficient (Wildman–Crippen LogP) is 3.76. The number of amides is 1. The largest absolute Gasteiger partial charge is 0.487 e. The topological polar surface area (TPSA) is 81.5 Å². The van der Waals surface area contributed by atoms with E-state index in [2.05, 4.69) is 5.32 Å². The Balaban J connectivity index is 1.92. The molecule has 6 heteroatoms. The van der Waals surface area contributed by atoms with Crippen LogP contribution in [0.15, 0.2) is 54.6 Å². The molecule has 0 unspecified atom stereocenters. The van der Waals surface area contributed by atoms with Gasteiger partial charge in [0, 0.05) is 18.7 Å². The maximum Gasteiger partial charge on any atom is 0.311 e. The van der Waals surface area contributed by atoms with E-state index >= 15 is 0 Å². The van der Waals surface area contributed by atoms with Crippen LogP contribution in [-0.2, 0) is 11.2 Å². The molecule has 1 N–H and O–H groups in total. The van der Waals surface area contributed by atoms with Crippen molar-refractivity contribution in [1.82, 2.24) is 5.32 Å². The van der Waals surface area contributed by atoms with E-state index < -0.39 is 4.92 Å². The van der Waals surface area contributed by atoms with Gasteiger partial charge in [-0.25, -0.2) is 0 Å². The normalized spacial score (nSPS) is 10.7. The number of nitrogens with one attached hydrogen (secondary N) is 1. The summed E-state index contributed by atoms with van der Waals surface area (Å²) >= 11 is 0. The third-order valence-electron chi connectivity index (χ3n) is 3.62. The molecule has 136 valence electrons. The molecule has 26 heavy (non-hydrogen) atoms. The third-order valence-corrected chi connectivity index (χ3v) is 3.62. The smallest absolute Gasteiger partial charge is 0.311 e. The van der Waals surface area contributed by atoms with Crippen molar-refractivity contribution in [3.63, 3.8) is 0 Å². The summed E-state index contributed by atoms with van der Waals surface area (Å²) < 4.78 is 5.38. The van der Waals surface area contributed by atoms with Crippen LogP contribution in [0.5, 0.6) is 5.75 Å². The zero-order chi connectivity index (χ0) is 18.8. The number of carbonyl (C=O) groups excluding carboxylic acids is 1. The molecule has 0 radical (unpaired) electrons. The van der Waals surface area contributed by atoms with Crippen molar-refractivity contribution in [3.8, 4) is 5.75 Å². The van der Waals surface area contributed by atoms with E-state index in [0.29, 0.717) is 18.7 Å². The van der Waals surface area contributed by atoms with E-state index in [1.54, 1.807) is 18.2 Å². The first kappa shape index (κ1) is 19.2. The summed E-state index contributed by atoms with van der Waals surface area (Å²) in [7, 11) is 0. The molecule has 0 spiro atoms. The van der Waals surface area contributed by atoms with Crippen LogP contribution < -0.4 is 10.1 Å². The Kier molecular flexibility index (Phi) is 7.36. The van der Waals surface area contributed by atoms with Gasteiger partial charge in [0.2, 0.25) is 5.91 Å². The predicted molar refractivity (Wildman–Crippen MR) is 101 cm³/mol. The maximum absolute atomic E-state index is 11.9. The molecular weight excluding hydrogens is 332 g/mol. The minimum absolute atomic E-state index is 0.106. The van der Waals surface area contributed by atoms with Gasteiger partial charge in [-0.05, 0) is 36.1 Å². The Morgan fingerprint density at radius 2 is 2.00 bits per heavy atom. The van der Waals surface area contributed by atoms with Crippen LogP contribution in [0.2, 0.25) is 0 Å². The van der Waals surface area contributed by atoms with E-state index in [9.17, 15) is 14.9 Å². The molecule has 0 fully saturated rings. The van der Waals surface area contributed by atoms with Crippen LogP contribution in [0, 0.1) is 10.1 Å². The molecule has 0 heterocycles. The number of hydrogen-bond acceptors (Lipinski definition) is 4. The lowest BCUT2D eigenvalue weighted by Gasteiger charge is -2.06. The molecule has 0 atom stereocenters. The van der Waals surface area contributed by atoms with Gasteiger partial charge < -0.3 is 10.1 Å². The number of carbonyl (C=O) groups is 1. The number of nitro groups is 1. The first-order valence-corrected chi connectivity index (χ1v) is 8.51. The second kappa shape index (κ2) is 9.98. The third kappa shape index (κ3) is 6.05. The lowest BCUT2D eigenvalue weighted by molar-refractivity contribution is -0.385. The minimum atomic E-state index is -0.484. The molecule has 1 amide bonds. The summed E-state index contributed by atoms with van der Waals surface area (Å²) in [5.74, 6) is -0.00351. The maximum atomic E-state index is 11.9. The lowest BCUT2D eigenvalue weighted by atomic mass is 10.1. The molecule has 0 aliphatic carbocycles. The van der Waals surface area contributed by atoms with E-state index in [-0.39, 0.29) is 17.3 Å². The van der Waals surface area contributed by atoms with Crippen LogP contribution in [-0.4, -0.2) is 24.0 Å². The summed E-state index contributed by atoms with van der Waals surface area (Å²) in [6.07, 6.45) is 4.43. The summed E-state index contributed by atoms with van der Waals surface area (Å²) in [4.78, 5) is 22.6. The Bertz CT molecular complexity index is 773. The molecule has 0 aliphatic heterocycles. The summed E-state index contributed by atoms with van der Waals surface area (Å²) in [6, 6.07) is 14.5. The fraction of sp³-hybridized carbons (Fsp3) is 0.250. The van der Waals surface area contributed by atoms with Crippen molar-refractivity contribution in [1.29, 1.82) is 0 Å². The summed E-state index contributed by atoms with van der Waals surface area (Å²) in [5, 5.41) is 14.0. The molecule has 2 rings (SSSR count). The average molecular weight is 354 g/mol. The molecule has 0 aromatic heterocycles. The Morgan fingerprint density at radius 3 is 2.69 bits per heavy atom. The van der Waals surface area contributed by atoms with Crippen molar-refractivity contribution in [3.05, 3.63) is 75.8 Å². The molecule has 0 aliphatic rings. The van der Waals surface area contributed by atoms with Crippen LogP contribution in [0.4, 0.5) is 5.69 Å². The Morgan fingerprint density at radius 1 is 1.23 bits per heavy atom. The number of nitrogens with zero attached hydrogens (tertiary/aromatic N) is 1. The number of hydrogen-bond donors (Lipinski definition) is 1. The standard InChI is InChI=1S/C20H22N2O4/c1-2-14-26-19-10-8-17(15-18(19)22(24)25)9-11-20(23)21-13-12-16-6-4-3-5-7-16/h3-11,15H,2,12-14H2,1H3,(H,21,23)/b11-9+. The monoisotopic (exact) mass is 354 g/mol. The molecule has 0 saturated carbocycles. The molecule has 2 aromatic carbocycles. The van der Waals surface area contributed by atoms with Gasteiger partial charge >= 0.3 is 5.69 Å². The quantitative estimate of drug-likeness (QED) is 0.422. The molecular formula is C20H22N2O4. The highest BCUT2D eigenvalue weighted by Gasteiger charge is 2.15. The molecule has 0 saturated heterocycles. The van der Waals surface area contributed by atoms with Crippen LogP contribution >= 0.6 is 0 Å². The lowest BCUT2D eigenvalue weighted by Crippen LogP contribution is -2.23. The van der Waals surface area contributed by atoms with Gasteiger partial charge in [-0.15, -0.1) is 0 Å². The highest BCUT2D eigenvalue weighted by atomic mass is 16.6. The van der Waals surface area contributed by atoms with Crippen molar-refractivity contribution >= 4 is 17.7 Å². The fourth-order valence-electron chi connectivity index (χ4n) is 2.32. The van der Waals surface area contributed by atoms with Gasteiger partial charge in [-0.3, -0.25) is 14.9 Å². The first-order valence-electron chi connectivity index (χ1n) is 8.51. The van der Waals surface area contributed by atoms with Gasteiger partial charge in [0.15, 0.2) is 5.75 Å². The van der Waals surface area contributed by atoms with Gasteiger partial charge in [0.1, 0.15) is 0 Å². The summed E-state index contributed by atoms with van der Waals surface area (Å²) in [5.41, 5.74) is 1.61. The molecule has 2 aromatic rings. The number of ether oxygens (including phenoxy) is 1. The van der Waals surface area contributed by atoms with Crippen LogP contribution in [0.1, 0.15) is 24.5 Å². The summed E-state index contributed by atoms with van der Waals surface area (Å²) in [6.45, 7) is 2.87. The van der Waals surface area contributed by atoms with E-state index in [1.807, 2.05) is 37.3 Å². The number of nitro benzene ring substituents is 1. The van der Waals surface area contributed by atoms with Crippen molar-refractivity contribution < 1.29 is 14.5 Å². The van der Waals surface area contributed by atoms with Crippen molar-refractivity contribution in [2.24, 2.45) is 0 Å². The zero-order valence-electron chi connectivity index (χ0n) is 14.7. The van der Waals surface area contributed by atoms with E-state index in [4.69, 9.17) is 4.74 Å². The minimum Gasteiger partial charge on any atom is -0.487 e. The number of rotatable bonds is 9. The number of benzene rings is 2. The fourth-order valence-corrected chi connectivity index (χ4v) is 2.32. The Labute approximate surface area is 152 Å². The van der Waals surface area contributed by atoms with E-state index in [1.165, 1.54) is 12.1 Å². The SMILES string of the molecule is CCCOc1ccc(/C=C/C(=O)NCCc2ccccc2)cc1[N+](=O)[O-]. The van der Waals surface area contributed by atoms with E-state index in [0.717, 1.165) is 18.4 Å². The molecule has 6 nitrogen and oxygen atoms in total. The van der Waals surface area contributed by atoms with Gasteiger partial charge in [0.25, 0.3) is 0 Å². The van der Waals surface area contributed by atoms with Gasteiger partial charge in [-0.1, -0.05) is 43.3 Å². The van der Waals surface area contributed by atoms with Crippen LogP contribution in [0.25, 0.3) is 6.08 Å². The highest BCUT2D eigenvalue weighted by molar-refractivity contribution is 5.91. The van der Waals surface area contributed by atoms with Crippen LogP contribution in [0.3, 0.4) is 0 Å². The second-order valence-corrected chi connectivity index (χ2v) is 5.69. The first-order chi connectivity index (χ1) is 12.6. The van der Waals surface area contributed by atoms with Crippen molar-refractivity contribution in [2.75, 3.05) is 13.2 Å². The highest BCUT2D eigenvalue weighted by Crippen LogP contribution is 2.28. The van der Waals surface area contributed by atoms with Gasteiger partial charge in [0.05, 0.1) is 11.5 Å². The van der Waals surface area contributed by atoms with Crippen molar-refractivity contribution in [2.45, 2.75) is 19.8 Å². The molecule has 0 bridgehead atoms. The zero-order valence-corrected chi connectivity index (χ0v) is 14.7. The van der Waals surface area contributed by atoms with Gasteiger partial charge in [-0.2, -0.15) is 0 Å².